The van der Waals surface area contributed by atoms with Crippen molar-refractivity contribution in [2.45, 2.75) is 4.90 Å². The number of carbonyl (C=O) groups is 2. The van der Waals surface area contributed by atoms with Crippen molar-refractivity contribution in [2.24, 2.45) is 5.73 Å². The van der Waals surface area contributed by atoms with E-state index < -0.39 is 15.9 Å². The normalized spacial score (nSPS) is 15.8. The summed E-state index contributed by atoms with van der Waals surface area (Å²) in [7, 11) is -3.69. The Morgan fingerprint density at radius 2 is 1.62 bits per heavy atom. The first kappa shape index (κ1) is 21.3. The van der Waals surface area contributed by atoms with Crippen LogP contribution in [-0.4, -0.2) is 62.2 Å². The predicted octanol–water partition coefficient (Wildman–Crippen LogP) is 1.38. The molecule has 2 aromatic carbocycles. The quantitative estimate of drug-likeness (QED) is 0.710. The molecule has 1 aliphatic rings. The van der Waals surface area contributed by atoms with Gasteiger partial charge in [-0.3, -0.25) is 14.5 Å². The fraction of sp³-hybridized carbons (Fsp3) is 0.263. The number of carbonyl (C=O) groups excluding carboxylic acids is 2. The maximum absolute atomic E-state index is 12.8. The molecule has 0 bridgehead atoms. The third-order valence-electron chi connectivity index (χ3n) is 4.62. The zero-order valence-corrected chi connectivity index (χ0v) is 17.1. The fourth-order valence-corrected chi connectivity index (χ4v) is 5.04. The molecule has 8 nitrogen and oxygen atoms in total. The standard InChI is InChI=1S/C19H21ClN4O4S/c20-15-6-2-4-8-17(15)29(27,28)24-11-9-23(10-12-24)13-18(25)22-16-7-3-1-5-14(16)19(21)26/h1-8H,9-13H2,(H2,21,26)(H,22,25). The Bertz CT molecular complexity index is 1020. The second-order valence-corrected chi connectivity index (χ2v) is 8.88. The second-order valence-electron chi connectivity index (χ2n) is 6.57. The number of nitrogens with one attached hydrogen (secondary N) is 1. The van der Waals surface area contributed by atoms with E-state index in [0.29, 0.717) is 18.8 Å². The van der Waals surface area contributed by atoms with E-state index in [1.165, 1.54) is 16.4 Å². The molecule has 0 saturated carbocycles. The first-order valence-corrected chi connectivity index (χ1v) is 10.8. The van der Waals surface area contributed by atoms with E-state index >= 15 is 0 Å². The first-order chi connectivity index (χ1) is 13.8. The summed E-state index contributed by atoms with van der Waals surface area (Å²) in [6, 6.07) is 12.8. The van der Waals surface area contributed by atoms with E-state index in [4.69, 9.17) is 17.3 Å². The molecule has 1 fully saturated rings. The van der Waals surface area contributed by atoms with Crippen molar-refractivity contribution >= 4 is 39.1 Å². The molecule has 154 valence electrons. The van der Waals surface area contributed by atoms with Crippen LogP contribution in [0.5, 0.6) is 0 Å². The van der Waals surface area contributed by atoms with Crippen LogP contribution < -0.4 is 11.1 Å². The van der Waals surface area contributed by atoms with Crippen molar-refractivity contribution in [3.05, 3.63) is 59.1 Å². The number of nitrogens with zero attached hydrogens (tertiary/aromatic N) is 2. The van der Waals surface area contributed by atoms with Crippen LogP contribution in [0.25, 0.3) is 0 Å². The summed E-state index contributed by atoms with van der Waals surface area (Å²) in [6.45, 7) is 1.37. The summed E-state index contributed by atoms with van der Waals surface area (Å²) in [5, 5.41) is 2.87. The van der Waals surface area contributed by atoms with Gasteiger partial charge in [0.2, 0.25) is 15.9 Å². The van der Waals surface area contributed by atoms with Gasteiger partial charge in [-0.15, -0.1) is 0 Å². The Balaban J connectivity index is 1.58. The second kappa shape index (κ2) is 8.91. The summed E-state index contributed by atoms with van der Waals surface area (Å²) in [6.07, 6.45) is 0. The molecule has 0 aliphatic carbocycles. The van der Waals surface area contributed by atoms with Gasteiger partial charge >= 0.3 is 0 Å². The minimum Gasteiger partial charge on any atom is -0.366 e. The van der Waals surface area contributed by atoms with Crippen molar-refractivity contribution in [3.63, 3.8) is 0 Å². The molecule has 1 heterocycles. The van der Waals surface area contributed by atoms with Crippen molar-refractivity contribution < 1.29 is 18.0 Å². The monoisotopic (exact) mass is 436 g/mol. The van der Waals surface area contributed by atoms with Gasteiger partial charge in [0.1, 0.15) is 4.90 Å². The third-order valence-corrected chi connectivity index (χ3v) is 7.02. The van der Waals surface area contributed by atoms with Crippen molar-refractivity contribution in [2.75, 3.05) is 38.0 Å². The zero-order valence-electron chi connectivity index (χ0n) is 15.5. The number of para-hydroxylation sites is 1. The first-order valence-electron chi connectivity index (χ1n) is 8.95. The molecule has 0 spiro atoms. The largest absolute Gasteiger partial charge is 0.366 e. The van der Waals surface area contributed by atoms with Gasteiger partial charge in [-0.2, -0.15) is 4.31 Å². The number of anilines is 1. The minimum absolute atomic E-state index is 0.0765. The molecule has 2 aromatic rings. The Kier molecular flexibility index (Phi) is 6.53. The van der Waals surface area contributed by atoms with E-state index in [1.54, 1.807) is 36.4 Å². The van der Waals surface area contributed by atoms with Crippen molar-refractivity contribution in [1.29, 1.82) is 0 Å². The van der Waals surface area contributed by atoms with E-state index in [-0.39, 0.29) is 41.0 Å². The van der Waals surface area contributed by atoms with E-state index in [0.717, 1.165) is 0 Å². The lowest BCUT2D eigenvalue weighted by Crippen LogP contribution is -2.50. The maximum Gasteiger partial charge on any atom is 0.250 e. The lowest BCUT2D eigenvalue weighted by Gasteiger charge is -2.33. The van der Waals surface area contributed by atoms with Crippen LogP contribution in [0, 0.1) is 0 Å². The number of primary amides is 1. The molecular weight excluding hydrogens is 416 g/mol. The third kappa shape index (κ3) is 4.94. The average Bonchev–Trinajstić information content (AvgIpc) is 2.69. The Hall–Kier alpha value is -2.46. The van der Waals surface area contributed by atoms with Gasteiger partial charge in [0.05, 0.1) is 22.8 Å². The molecule has 1 saturated heterocycles. The molecule has 0 aromatic heterocycles. The molecule has 0 atom stereocenters. The molecule has 3 N–H and O–H groups in total. The minimum atomic E-state index is -3.69. The highest BCUT2D eigenvalue weighted by Crippen LogP contribution is 2.25. The number of nitrogens with two attached hydrogens (primary N) is 1. The highest BCUT2D eigenvalue weighted by Gasteiger charge is 2.30. The van der Waals surface area contributed by atoms with Crippen LogP contribution >= 0.6 is 11.6 Å². The van der Waals surface area contributed by atoms with Crippen molar-refractivity contribution in [3.8, 4) is 0 Å². The lowest BCUT2D eigenvalue weighted by atomic mass is 10.1. The number of amides is 2. The van der Waals surface area contributed by atoms with Gasteiger partial charge in [-0.05, 0) is 24.3 Å². The summed E-state index contributed by atoms with van der Waals surface area (Å²) in [5.41, 5.74) is 5.90. The molecule has 10 heteroatoms. The topological polar surface area (TPSA) is 113 Å². The molecule has 1 aliphatic heterocycles. The SMILES string of the molecule is NC(=O)c1ccccc1NC(=O)CN1CCN(S(=O)(=O)c2ccccc2Cl)CC1. The van der Waals surface area contributed by atoms with Gasteiger partial charge in [0, 0.05) is 26.2 Å². The molecule has 3 rings (SSSR count). The molecule has 29 heavy (non-hydrogen) atoms. The van der Waals surface area contributed by atoms with Crippen LogP contribution in [-0.2, 0) is 14.8 Å². The molecule has 0 radical (unpaired) electrons. The van der Waals surface area contributed by atoms with E-state index in [1.807, 2.05) is 4.90 Å². The number of halogens is 1. The summed E-state index contributed by atoms with van der Waals surface area (Å²) in [4.78, 5) is 25.7. The van der Waals surface area contributed by atoms with Crippen LogP contribution in [0.1, 0.15) is 10.4 Å². The number of hydrogen-bond acceptors (Lipinski definition) is 5. The summed E-state index contributed by atoms with van der Waals surface area (Å²) in [5.74, 6) is -0.930. The van der Waals surface area contributed by atoms with Crippen LogP contribution in [0.3, 0.4) is 0 Å². The van der Waals surface area contributed by atoms with Gasteiger partial charge in [-0.25, -0.2) is 8.42 Å². The fourth-order valence-electron chi connectivity index (χ4n) is 3.12. The van der Waals surface area contributed by atoms with Gasteiger partial charge in [0.15, 0.2) is 0 Å². The van der Waals surface area contributed by atoms with Gasteiger partial charge in [0.25, 0.3) is 5.91 Å². The Labute approximate surface area is 174 Å². The van der Waals surface area contributed by atoms with Crippen LogP contribution in [0.2, 0.25) is 5.02 Å². The highest BCUT2D eigenvalue weighted by molar-refractivity contribution is 7.89. The maximum atomic E-state index is 12.8. The van der Waals surface area contributed by atoms with Crippen molar-refractivity contribution in [1.82, 2.24) is 9.21 Å². The summed E-state index contributed by atoms with van der Waals surface area (Å²) >= 11 is 6.04. The molecule has 2 amide bonds. The molecule has 0 unspecified atom stereocenters. The van der Waals surface area contributed by atoms with Gasteiger partial charge in [-0.1, -0.05) is 35.9 Å². The number of benzene rings is 2. The number of hydrogen-bond donors (Lipinski definition) is 2. The molecular formula is C19H21ClN4O4S. The number of sulfonamides is 1. The Morgan fingerprint density at radius 3 is 2.28 bits per heavy atom. The smallest absolute Gasteiger partial charge is 0.250 e. The van der Waals surface area contributed by atoms with E-state index in [9.17, 15) is 18.0 Å². The predicted molar refractivity (Wildman–Crippen MR) is 110 cm³/mol. The summed E-state index contributed by atoms with van der Waals surface area (Å²) < 4.78 is 26.9. The number of piperazine rings is 1. The number of rotatable bonds is 6. The van der Waals surface area contributed by atoms with Gasteiger partial charge < -0.3 is 11.1 Å². The van der Waals surface area contributed by atoms with Crippen LogP contribution in [0.4, 0.5) is 5.69 Å². The lowest BCUT2D eigenvalue weighted by molar-refractivity contribution is -0.117. The average molecular weight is 437 g/mol. The zero-order chi connectivity index (χ0) is 21.0. The van der Waals surface area contributed by atoms with Crippen LogP contribution in [0.15, 0.2) is 53.4 Å². The van der Waals surface area contributed by atoms with E-state index in [2.05, 4.69) is 5.32 Å². The Morgan fingerprint density at radius 1 is 1.00 bits per heavy atom. The highest BCUT2D eigenvalue weighted by atomic mass is 35.5.